The summed E-state index contributed by atoms with van der Waals surface area (Å²) in [5, 5.41) is 12.9. The lowest BCUT2D eigenvalue weighted by atomic mass is 10.0. The molecule has 0 unspecified atom stereocenters. The number of methoxy groups -OCH3 is 1. The van der Waals surface area contributed by atoms with Crippen molar-refractivity contribution in [3.63, 3.8) is 0 Å². The summed E-state index contributed by atoms with van der Waals surface area (Å²) in [4.78, 5) is 1.87. The van der Waals surface area contributed by atoms with Crippen molar-refractivity contribution in [3.05, 3.63) is 84.9 Å². The minimum absolute atomic E-state index is 0.0905. The first-order valence-corrected chi connectivity index (χ1v) is 8.18. The summed E-state index contributed by atoms with van der Waals surface area (Å²) in [5.74, 6) is 0. The van der Waals surface area contributed by atoms with Gasteiger partial charge in [-0.3, -0.25) is 10.3 Å². The van der Waals surface area contributed by atoms with Gasteiger partial charge in [0.05, 0.1) is 18.5 Å². The summed E-state index contributed by atoms with van der Waals surface area (Å²) in [5.41, 5.74) is 1.86. The van der Waals surface area contributed by atoms with Crippen molar-refractivity contribution in [2.24, 2.45) is 0 Å². The molecule has 0 aromatic heterocycles. The van der Waals surface area contributed by atoms with Gasteiger partial charge >= 0.3 is 0 Å². The number of amidine groups is 1. The molecule has 0 saturated carbocycles. The molecule has 122 valence electrons. The zero-order chi connectivity index (χ0) is 17.2. The summed E-state index contributed by atoms with van der Waals surface area (Å²) in [7, 11) is 1.53. The van der Waals surface area contributed by atoms with E-state index < -0.39 is 0 Å². The maximum absolute atomic E-state index is 8.42. The molecule has 0 aliphatic carbocycles. The number of ether oxygens (including phenoxy) is 1. The summed E-state index contributed by atoms with van der Waals surface area (Å²) >= 11 is 0. The fourth-order valence-corrected chi connectivity index (χ4v) is 3.25. The first-order chi connectivity index (χ1) is 12.3. The molecule has 0 spiro atoms. The molecule has 0 radical (unpaired) electrons. The SMILES string of the molecule is COC(=N)N(c1cccc2ccccc12)c1cccc2ccccc12. The first-order valence-electron chi connectivity index (χ1n) is 8.18. The molecule has 4 aromatic carbocycles. The van der Waals surface area contributed by atoms with E-state index >= 15 is 0 Å². The number of anilines is 2. The largest absolute Gasteiger partial charge is 0.468 e. The lowest BCUT2D eigenvalue weighted by Gasteiger charge is -2.26. The second-order valence-corrected chi connectivity index (χ2v) is 5.84. The molecule has 3 heteroatoms. The predicted octanol–water partition coefficient (Wildman–Crippen LogP) is 5.71. The van der Waals surface area contributed by atoms with E-state index in [-0.39, 0.29) is 6.02 Å². The average molecular weight is 326 g/mol. The topological polar surface area (TPSA) is 36.3 Å². The lowest BCUT2D eigenvalue weighted by Crippen LogP contribution is -2.26. The summed E-state index contributed by atoms with van der Waals surface area (Å²) in [6.07, 6.45) is 0. The van der Waals surface area contributed by atoms with Crippen molar-refractivity contribution in [1.82, 2.24) is 0 Å². The molecule has 3 nitrogen and oxygen atoms in total. The number of benzene rings is 4. The molecule has 4 rings (SSSR count). The predicted molar refractivity (Wildman–Crippen MR) is 105 cm³/mol. The molecule has 0 amide bonds. The van der Waals surface area contributed by atoms with E-state index in [4.69, 9.17) is 10.1 Å². The normalized spacial score (nSPS) is 10.8. The van der Waals surface area contributed by atoms with Crippen LogP contribution < -0.4 is 4.90 Å². The van der Waals surface area contributed by atoms with Gasteiger partial charge in [0, 0.05) is 10.8 Å². The van der Waals surface area contributed by atoms with E-state index in [1.54, 1.807) is 0 Å². The number of fused-ring (bicyclic) bond motifs is 2. The molecule has 0 atom stereocenters. The highest BCUT2D eigenvalue weighted by Crippen LogP contribution is 2.36. The minimum Gasteiger partial charge on any atom is -0.468 e. The summed E-state index contributed by atoms with van der Waals surface area (Å²) in [6.45, 7) is 0. The van der Waals surface area contributed by atoms with Crippen LogP contribution in [0.5, 0.6) is 0 Å². The first kappa shape index (κ1) is 15.2. The fraction of sp³-hybridized carbons (Fsp3) is 0.0455. The summed E-state index contributed by atoms with van der Waals surface area (Å²) in [6, 6.07) is 28.7. The Hall–Kier alpha value is -3.33. The van der Waals surface area contributed by atoms with Crippen LogP contribution in [0, 0.1) is 5.41 Å². The molecule has 0 fully saturated rings. The Morgan fingerprint density at radius 1 is 0.680 bits per heavy atom. The Morgan fingerprint density at radius 2 is 1.12 bits per heavy atom. The standard InChI is InChI=1S/C22H18N2O/c1-25-22(23)24(20-14-6-10-16-8-2-4-12-18(16)20)21-15-7-11-17-9-3-5-13-19(17)21/h2-15,23H,1H3. The molecular weight excluding hydrogens is 308 g/mol. The van der Waals surface area contributed by atoms with Crippen molar-refractivity contribution < 1.29 is 4.74 Å². The quantitative estimate of drug-likeness (QED) is 0.378. The molecule has 25 heavy (non-hydrogen) atoms. The van der Waals surface area contributed by atoms with Crippen molar-refractivity contribution >= 4 is 38.9 Å². The third kappa shape index (κ3) is 2.60. The van der Waals surface area contributed by atoms with Crippen LogP contribution in [-0.4, -0.2) is 13.1 Å². The third-order valence-electron chi connectivity index (χ3n) is 4.41. The van der Waals surface area contributed by atoms with Gasteiger partial charge in [-0.2, -0.15) is 0 Å². The number of nitrogens with zero attached hydrogens (tertiary/aromatic N) is 1. The van der Waals surface area contributed by atoms with Crippen LogP contribution in [0.2, 0.25) is 0 Å². The van der Waals surface area contributed by atoms with Crippen LogP contribution >= 0.6 is 0 Å². The van der Waals surface area contributed by atoms with Crippen LogP contribution in [-0.2, 0) is 4.74 Å². The Morgan fingerprint density at radius 3 is 1.60 bits per heavy atom. The van der Waals surface area contributed by atoms with E-state index in [1.807, 2.05) is 53.4 Å². The molecule has 0 saturated heterocycles. The van der Waals surface area contributed by atoms with Crippen LogP contribution in [0.3, 0.4) is 0 Å². The van der Waals surface area contributed by atoms with Crippen LogP contribution in [0.1, 0.15) is 0 Å². The highest BCUT2D eigenvalue weighted by Gasteiger charge is 2.19. The molecule has 0 bridgehead atoms. The van der Waals surface area contributed by atoms with Crippen LogP contribution in [0.15, 0.2) is 84.9 Å². The maximum Gasteiger partial charge on any atom is 0.293 e. The Bertz CT molecular complexity index is 982. The van der Waals surface area contributed by atoms with E-state index in [0.717, 1.165) is 32.9 Å². The van der Waals surface area contributed by atoms with Gasteiger partial charge in [0.15, 0.2) is 0 Å². The van der Waals surface area contributed by atoms with Crippen LogP contribution in [0.4, 0.5) is 11.4 Å². The number of rotatable bonds is 2. The third-order valence-corrected chi connectivity index (χ3v) is 4.41. The zero-order valence-electron chi connectivity index (χ0n) is 13.9. The molecule has 0 aliphatic rings. The highest BCUT2D eigenvalue weighted by molar-refractivity contribution is 6.11. The zero-order valence-corrected chi connectivity index (χ0v) is 13.9. The number of nitrogens with one attached hydrogen (secondary N) is 1. The van der Waals surface area contributed by atoms with Crippen molar-refractivity contribution in [2.75, 3.05) is 12.0 Å². The Balaban J connectivity index is 2.02. The fourth-order valence-electron chi connectivity index (χ4n) is 3.25. The van der Waals surface area contributed by atoms with Gasteiger partial charge in [0.25, 0.3) is 6.02 Å². The van der Waals surface area contributed by atoms with E-state index in [2.05, 4.69) is 36.4 Å². The van der Waals surface area contributed by atoms with Gasteiger partial charge in [-0.1, -0.05) is 72.8 Å². The monoisotopic (exact) mass is 326 g/mol. The summed E-state index contributed by atoms with van der Waals surface area (Å²) < 4.78 is 5.33. The Labute approximate surface area is 146 Å². The lowest BCUT2D eigenvalue weighted by molar-refractivity contribution is 0.392. The van der Waals surface area contributed by atoms with Crippen molar-refractivity contribution in [2.45, 2.75) is 0 Å². The van der Waals surface area contributed by atoms with Crippen molar-refractivity contribution in [3.8, 4) is 0 Å². The molecule has 0 aliphatic heterocycles. The van der Waals surface area contributed by atoms with E-state index in [1.165, 1.54) is 7.11 Å². The Kier molecular flexibility index (Phi) is 3.82. The minimum atomic E-state index is 0.0905. The van der Waals surface area contributed by atoms with Gasteiger partial charge in [0.1, 0.15) is 0 Å². The molecule has 0 heterocycles. The highest BCUT2D eigenvalue weighted by atomic mass is 16.5. The molecule has 4 aromatic rings. The van der Waals surface area contributed by atoms with Gasteiger partial charge in [-0.05, 0) is 22.9 Å². The second-order valence-electron chi connectivity index (χ2n) is 5.84. The van der Waals surface area contributed by atoms with Gasteiger partial charge in [-0.15, -0.1) is 0 Å². The average Bonchev–Trinajstić information content (AvgIpc) is 2.68. The number of hydrogen-bond donors (Lipinski definition) is 1. The van der Waals surface area contributed by atoms with Crippen LogP contribution in [0.25, 0.3) is 21.5 Å². The van der Waals surface area contributed by atoms with Gasteiger partial charge < -0.3 is 4.74 Å². The van der Waals surface area contributed by atoms with E-state index in [9.17, 15) is 0 Å². The van der Waals surface area contributed by atoms with E-state index in [0.29, 0.717) is 0 Å². The number of hydrogen-bond acceptors (Lipinski definition) is 2. The second kappa shape index (κ2) is 6.29. The molecular formula is C22H18N2O. The smallest absolute Gasteiger partial charge is 0.293 e. The van der Waals surface area contributed by atoms with Crippen molar-refractivity contribution in [1.29, 1.82) is 5.41 Å². The van der Waals surface area contributed by atoms with Gasteiger partial charge in [0.2, 0.25) is 0 Å². The molecule has 1 N–H and O–H groups in total. The maximum atomic E-state index is 8.42. The van der Waals surface area contributed by atoms with Gasteiger partial charge in [-0.25, -0.2) is 0 Å².